The number of ketones is 1. The number of rotatable bonds is 4. The van der Waals surface area contributed by atoms with Crippen molar-refractivity contribution in [3.63, 3.8) is 0 Å². The van der Waals surface area contributed by atoms with Crippen LogP contribution in [0.2, 0.25) is 0 Å². The predicted octanol–water partition coefficient (Wildman–Crippen LogP) is 4.39. The van der Waals surface area contributed by atoms with E-state index < -0.39 is 0 Å². The molecule has 120 valence electrons. The third-order valence-electron chi connectivity index (χ3n) is 3.67. The summed E-state index contributed by atoms with van der Waals surface area (Å²) >= 11 is 0. The van der Waals surface area contributed by atoms with Crippen molar-refractivity contribution in [1.82, 2.24) is 0 Å². The van der Waals surface area contributed by atoms with E-state index in [1.807, 2.05) is 24.3 Å². The molecule has 0 aliphatic rings. The minimum Gasteiger partial charge on any atom is -0.462 e. The highest BCUT2D eigenvalue weighted by molar-refractivity contribution is 6.09. The summed E-state index contributed by atoms with van der Waals surface area (Å²) in [5.41, 5.74) is 2.89. The average molecular weight is 310 g/mol. The largest absolute Gasteiger partial charge is 0.462 e. The summed E-state index contributed by atoms with van der Waals surface area (Å²) < 4.78 is 4.93. The molecule has 3 nitrogen and oxygen atoms in total. The van der Waals surface area contributed by atoms with E-state index in [4.69, 9.17) is 4.74 Å². The molecule has 0 N–H and O–H groups in total. The summed E-state index contributed by atoms with van der Waals surface area (Å²) in [5.74, 6) is -0.429. The fourth-order valence-corrected chi connectivity index (χ4v) is 2.26. The molecule has 0 saturated carbocycles. The van der Waals surface area contributed by atoms with Crippen molar-refractivity contribution in [3.8, 4) is 0 Å². The first kappa shape index (κ1) is 16.9. The van der Waals surface area contributed by atoms with Crippen LogP contribution in [0.3, 0.4) is 0 Å². The molecule has 0 aromatic heterocycles. The lowest BCUT2D eigenvalue weighted by molar-refractivity contribution is 0.0526. The van der Waals surface area contributed by atoms with Crippen LogP contribution < -0.4 is 0 Å². The van der Waals surface area contributed by atoms with Crippen molar-refractivity contribution in [2.75, 3.05) is 6.61 Å². The molecular formula is C20H22O3. The van der Waals surface area contributed by atoms with Crippen molar-refractivity contribution in [1.29, 1.82) is 0 Å². The van der Waals surface area contributed by atoms with E-state index in [1.165, 1.54) is 5.56 Å². The summed E-state index contributed by atoms with van der Waals surface area (Å²) in [6, 6.07) is 14.2. The van der Waals surface area contributed by atoms with Gasteiger partial charge in [0.05, 0.1) is 12.2 Å². The van der Waals surface area contributed by atoms with Crippen LogP contribution in [0.5, 0.6) is 0 Å². The molecule has 0 fully saturated rings. The van der Waals surface area contributed by atoms with Crippen LogP contribution in [0.4, 0.5) is 0 Å². The Morgan fingerprint density at radius 2 is 1.26 bits per heavy atom. The summed E-state index contributed by atoms with van der Waals surface area (Å²) in [5, 5.41) is 0. The maximum atomic E-state index is 12.5. The molecule has 0 unspecified atom stereocenters. The Kier molecular flexibility index (Phi) is 4.99. The van der Waals surface area contributed by atoms with Gasteiger partial charge < -0.3 is 4.74 Å². The van der Waals surface area contributed by atoms with Crippen molar-refractivity contribution in [2.24, 2.45) is 0 Å². The Morgan fingerprint density at radius 1 is 0.826 bits per heavy atom. The fourth-order valence-electron chi connectivity index (χ4n) is 2.26. The zero-order chi connectivity index (χ0) is 17.0. The monoisotopic (exact) mass is 310 g/mol. The standard InChI is InChI=1S/C20H22O3/c1-5-23-19(22)16-8-6-14(7-9-16)18(21)15-10-12-17(13-11-15)20(2,3)4/h6-13H,5H2,1-4H3. The van der Waals surface area contributed by atoms with Gasteiger partial charge in [0.1, 0.15) is 0 Å². The van der Waals surface area contributed by atoms with Crippen molar-refractivity contribution >= 4 is 11.8 Å². The van der Waals surface area contributed by atoms with Crippen molar-refractivity contribution in [3.05, 3.63) is 70.8 Å². The Morgan fingerprint density at radius 3 is 1.70 bits per heavy atom. The lowest BCUT2D eigenvalue weighted by atomic mass is 9.86. The van der Waals surface area contributed by atoms with Crippen molar-refractivity contribution in [2.45, 2.75) is 33.1 Å². The summed E-state index contributed by atoms with van der Waals surface area (Å²) in [6.07, 6.45) is 0. The van der Waals surface area contributed by atoms with Gasteiger partial charge in [-0.15, -0.1) is 0 Å². The number of benzene rings is 2. The number of carbonyl (C=O) groups is 2. The second kappa shape index (κ2) is 6.78. The summed E-state index contributed by atoms with van der Waals surface area (Å²) in [6.45, 7) is 8.50. The molecule has 0 aliphatic carbocycles. The topological polar surface area (TPSA) is 43.4 Å². The van der Waals surface area contributed by atoms with Crippen LogP contribution in [0.15, 0.2) is 48.5 Å². The van der Waals surface area contributed by atoms with E-state index in [0.717, 1.165) is 0 Å². The van der Waals surface area contributed by atoms with E-state index in [2.05, 4.69) is 20.8 Å². The highest BCUT2D eigenvalue weighted by Crippen LogP contribution is 2.23. The van der Waals surface area contributed by atoms with Gasteiger partial charge in [0.15, 0.2) is 5.78 Å². The maximum absolute atomic E-state index is 12.5. The number of hydrogen-bond donors (Lipinski definition) is 0. The van der Waals surface area contributed by atoms with Crippen LogP contribution in [0.1, 0.15) is 59.5 Å². The lowest BCUT2D eigenvalue weighted by Crippen LogP contribution is -2.11. The van der Waals surface area contributed by atoms with Crippen LogP contribution in [-0.4, -0.2) is 18.4 Å². The minimum atomic E-state index is -0.374. The van der Waals surface area contributed by atoms with Gasteiger partial charge in [0, 0.05) is 11.1 Å². The first-order chi connectivity index (χ1) is 10.8. The van der Waals surface area contributed by atoms with Gasteiger partial charge in [0.25, 0.3) is 0 Å². The third kappa shape index (κ3) is 4.07. The van der Waals surface area contributed by atoms with Crippen LogP contribution >= 0.6 is 0 Å². The first-order valence-corrected chi connectivity index (χ1v) is 7.75. The van der Waals surface area contributed by atoms with Gasteiger partial charge in [-0.25, -0.2) is 4.79 Å². The molecular weight excluding hydrogens is 288 g/mol. The Balaban J connectivity index is 2.19. The summed E-state index contributed by atoms with van der Waals surface area (Å²) in [4.78, 5) is 24.1. The second-order valence-corrected chi connectivity index (χ2v) is 6.45. The van der Waals surface area contributed by atoms with Gasteiger partial charge in [-0.2, -0.15) is 0 Å². The normalized spacial score (nSPS) is 11.1. The van der Waals surface area contributed by atoms with Crippen molar-refractivity contribution < 1.29 is 14.3 Å². The molecule has 0 radical (unpaired) electrons. The number of ether oxygens (including phenoxy) is 1. The molecule has 2 aromatic rings. The number of carbonyl (C=O) groups excluding carboxylic acids is 2. The van der Waals surface area contributed by atoms with Gasteiger partial charge in [0.2, 0.25) is 0 Å². The molecule has 0 spiro atoms. The van der Waals surface area contributed by atoms with E-state index in [0.29, 0.717) is 23.3 Å². The summed E-state index contributed by atoms with van der Waals surface area (Å²) in [7, 11) is 0. The zero-order valence-electron chi connectivity index (χ0n) is 14.1. The molecule has 0 heterocycles. The van der Waals surface area contributed by atoms with E-state index in [1.54, 1.807) is 31.2 Å². The van der Waals surface area contributed by atoms with Crippen LogP contribution in [0.25, 0.3) is 0 Å². The first-order valence-electron chi connectivity index (χ1n) is 7.75. The highest BCUT2D eigenvalue weighted by Gasteiger charge is 2.15. The lowest BCUT2D eigenvalue weighted by Gasteiger charge is -2.19. The Labute approximate surface area is 137 Å². The third-order valence-corrected chi connectivity index (χ3v) is 3.67. The van der Waals surface area contributed by atoms with Gasteiger partial charge in [-0.3, -0.25) is 4.79 Å². The van der Waals surface area contributed by atoms with E-state index in [9.17, 15) is 9.59 Å². The molecule has 0 amide bonds. The van der Waals surface area contributed by atoms with Gasteiger partial charge in [-0.1, -0.05) is 57.2 Å². The number of esters is 1. The van der Waals surface area contributed by atoms with Crippen LogP contribution in [0, 0.1) is 0 Å². The molecule has 0 saturated heterocycles. The molecule has 0 atom stereocenters. The molecule has 2 aromatic carbocycles. The zero-order valence-corrected chi connectivity index (χ0v) is 14.1. The van der Waals surface area contributed by atoms with E-state index >= 15 is 0 Å². The smallest absolute Gasteiger partial charge is 0.338 e. The Bertz CT molecular complexity index is 689. The highest BCUT2D eigenvalue weighted by atomic mass is 16.5. The molecule has 0 aliphatic heterocycles. The number of hydrogen-bond acceptors (Lipinski definition) is 3. The second-order valence-electron chi connectivity index (χ2n) is 6.45. The minimum absolute atomic E-state index is 0.0548. The predicted molar refractivity (Wildman–Crippen MR) is 91.0 cm³/mol. The van der Waals surface area contributed by atoms with Gasteiger partial charge in [-0.05, 0) is 30.0 Å². The molecule has 0 bridgehead atoms. The van der Waals surface area contributed by atoms with Crippen LogP contribution in [-0.2, 0) is 10.2 Å². The maximum Gasteiger partial charge on any atom is 0.338 e. The van der Waals surface area contributed by atoms with E-state index in [-0.39, 0.29) is 17.2 Å². The molecule has 23 heavy (non-hydrogen) atoms. The quantitative estimate of drug-likeness (QED) is 0.621. The fraction of sp³-hybridized carbons (Fsp3) is 0.300. The Hall–Kier alpha value is -2.42. The SMILES string of the molecule is CCOC(=O)c1ccc(C(=O)c2ccc(C(C)(C)C)cc2)cc1. The average Bonchev–Trinajstić information content (AvgIpc) is 2.54. The molecule has 2 rings (SSSR count). The molecule has 3 heteroatoms. The van der Waals surface area contributed by atoms with Gasteiger partial charge >= 0.3 is 5.97 Å².